The number of nitrogens with zero attached hydrogens (tertiary/aromatic N) is 2. The number of halogens is 2. The van der Waals surface area contributed by atoms with Crippen molar-refractivity contribution in [2.24, 2.45) is 0 Å². The second-order valence-corrected chi connectivity index (χ2v) is 7.12. The van der Waals surface area contributed by atoms with E-state index in [1.165, 1.54) is 31.6 Å². The molecule has 2 aromatic carbocycles. The summed E-state index contributed by atoms with van der Waals surface area (Å²) in [5.74, 6) is -0.272. The zero-order valence-corrected chi connectivity index (χ0v) is 16.1. The fourth-order valence-corrected chi connectivity index (χ4v) is 3.85. The van der Waals surface area contributed by atoms with Gasteiger partial charge in [-0.25, -0.2) is 18.7 Å². The maximum atomic E-state index is 14.1. The second kappa shape index (κ2) is 7.66. The van der Waals surface area contributed by atoms with Crippen molar-refractivity contribution in [2.45, 2.75) is 24.7 Å². The summed E-state index contributed by atoms with van der Waals surface area (Å²) in [6.07, 6.45) is 1.85. The van der Waals surface area contributed by atoms with Crippen molar-refractivity contribution in [3.8, 4) is 11.5 Å². The van der Waals surface area contributed by atoms with Crippen LogP contribution in [0.25, 0.3) is 10.9 Å². The molecule has 7 nitrogen and oxygen atoms in total. The Balaban J connectivity index is 1.50. The highest BCUT2D eigenvalue weighted by Gasteiger charge is 2.43. The average molecular weight is 415 g/mol. The Hall–Kier alpha value is -3.04. The highest BCUT2D eigenvalue weighted by atomic mass is 19.1. The van der Waals surface area contributed by atoms with Crippen molar-refractivity contribution in [2.75, 3.05) is 25.6 Å². The van der Waals surface area contributed by atoms with Crippen LogP contribution in [0.2, 0.25) is 0 Å². The molecule has 9 heteroatoms. The van der Waals surface area contributed by atoms with Crippen molar-refractivity contribution in [3.63, 3.8) is 0 Å². The Morgan fingerprint density at radius 3 is 2.73 bits per heavy atom. The van der Waals surface area contributed by atoms with Crippen LogP contribution in [0.4, 0.5) is 20.3 Å². The van der Waals surface area contributed by atoms with Crippen LogP contribution in [0, 0.1) is 11.6 Å². The van der Waals surface area contributed by atoms with E-state index in [2.05, 4.69) is 15.3 Å². The van der Waals surface area contributed by atoms with Crippen LogP contribution in [0.1, 0.15) is 6.42 Å². The van der Waals surface area contributed by atoms with E-state index in [0.717, 1.165) is 6.42 Å². The molecule has 3 aromatic rings. The highest BCUT2D eigenvalue weighted by Crippen LogP contribution is 2.38. The van der Waals surface area contributed by atoms with Gasteiger partial charge in [0.15, 0.2) is 17.6 Å². The van der Waals surface area contributed by atoms with Crippen LogP contribution in [0.5, 0.6) is 11.5 Å². The number of methoxy groups -OCH3 is 1. The maximum Gasteiger partial charge on any atom is 0.164 e. The van der Waals surface area contributed by atoms with Crippen LogP contribution in [-0.4, -0.2) is 48.6 Å². The minimum atomic E-state index is -0.721. The quantitative estimate of drug-likeness (QED) is 0.683. The second-order valence-electron chi connectivity index (χ2n) is 7.12. The van der Waals surface area contributed by atoms with Gasteiger partial charge in [0.1, 0.15) is 35.6 Å². The topological polar surface area (TPSA) is 74.7 Å². The van der Waals surface area contributed by atoms with Gasteiger partial charge >= 0.3 is 0 Å². The van der Waals surface area contributed by atoms with Crippen molar-refractivity contribution in [3.05, 3.63) is 48.3 Å². The monoisotopic (exact) mass is 415 g/mol. The number of fused-ring (bicyclic) bond motifs is 2. The Morgan fingerprint density at radius 1 is 1.10 bits per heavy atom. The zero-order chi connectivity index (χ0) is 20.7. The highest BCUT2D eigenvalue weighted by molar-refractivity contribution is 5.93. The Bertz CT molecular complexity index is 1080. The van der Waals surface area contributed by atoms with E-state index in [0.29, 0.717) is 35.6 Å². The minimum absolute atomic E-state index is 0.0512. The lowest BCUT2D eigenvalue weighted by atomic mass is 10.1. The number of rotatable bonds is 5. The van der Waals surface area contributed by atoms with Gasteiger partial charge in [0.05, 0.1) is 25.3 Å². The third-order valence-corrected chi connectivity index (χ3v) is 5.33. The third kappa shape index (κ3) is 3.29. The standard InChI is InChI=1S/C21H19F2N3O4/c1-27-16-7-11-14(8-17(16)30-18-9-29-15-5-6-28-20(15)18)24-10-25-21(11)26-19-12(22)3-2-4-13(19)23/h2-4,7-8,10,15,18,20H,5-6,9H2,1H3,(H,24,25,26)/t15?,18-,20?/m1/s1. The lowest BCUT2D eigenvalue weighted by Crippen LogP contribution is -2.32. The largest absolute Gasteiger partial charge is 0.493 e. The molecule has 0 aliphatic carbocycles. The van der Waals surface area contributed by atoms with Crippen molar-refractivity contribution < 1.29 is 27.7 Å². The first kappa shape index (κ1) is 19.0. The molecule has 2 fully saturated rings. The van der Waals surface area contributed by atoms with Gasteiger partial charge in [0.2, 0.25) is 0 Å². The molecule has 0 radical (unpaired) electrons. The van der Waals surface area contributed by atoms with E-state index in [4.69, 9.17) is 18.9 Å². The number of para-hydroxylation sites is 1. The molecule has 156 valence electrons. The fourth-order valence-electron chi connectivity index (χ4n) is 3.85. The van der Waals surface area contributed by atoms with Crippen LogP contribution >= 0.6 is 0 Å². The first-order valence-electron chi connectivity index (χ1n) is 9.57. The van der Waals surface area contributed by atoms with E-state index in [-0.39, 0.29) is 29.8 Å². The van der Waals surface area contributed by atoms with Gasteiger partial charge in [-0.15, -0.1) is 0 Å². The molecule has 2 unspecified atom stereocenters. The zero-order valence-electron chi connectivity index (χ0n) is 16.1. The molecule has 30 heavy (non-hydrogen) atoms. The summed E-state index contributed by atoms with van der Waals surface area (Å²) in [4.78, 5) is 8.41. The van der Waals surface area contributed by atoms with Crippen LogP contribution in [0.15, 0.2) is 36.7 Å². The molecular weight excluding hydrogens is 396 g/mol. The molecular formula is C21H19F2N3O4. The van der Waals surface area contributed by atoms with E-state index < -0.39 is 11.6 Å². The number of nitrogens with one attached hydrogen (secondary N) is 1. The van der Waals surface area contributed by atoms with Gasteiger partial charge in [-0.3, -0.25) is 0 Å². The fraction of sp³-hybridized carbons (Fsp3) is 0.333. The number of ether oxygens (including phenoxy) is 4. The SMILES string of the molecule is COc1cc2c(Nc3c(F)cccc3F)ncnc2cc1O[C@@H]1COC2CCOC21. The van der Waals surface area contributed by atoms with Gasteiger partial charge in [-0.2, -0.15) is 0 Å². The number of benzene rings is 2. The van der Waals surface area contributed by atoms with Gasteiger partial charge in [0.25, 0.3) is 0 Å². The number of hydrogen-bond acceptors (Lipinski definition) is 7. The molecule has 1 aromatic heterocycles. The average Bonchev–Trinajstić information content (AvgIpc) is 3.35. The van der Waals surface area contributed by atoms with Gasteiger partial charge < -0.3 is 24.3 Å². The van der Waals surface area contributed by atoms with Gasteiger partial charge in [-0.05, 0) is 24.6 Å². The molecule has 3 atom stereocenters. The molecule has 2 aliphatic heterocycles. The third-order valence-electron chi connectivity index (χ3n) is 5.33. The predicted molar refractivity (Wildman–Crippen MR) is 104 cm³/mol. The Labute approximate surface area is 170 Å². The van der Waals surface area contributed by atoms with E-state index in [1.807, 2.05) is 0 Å². The summed E-state index contributed by atoms with van der Waals surface area (Å²) < 4.78 is 51.2. The van der Waals surface area contributed by atoms with Crippen LogP contribution in [0.3, 0.4) is 0 Å². The number of hydrogen-bond donors (Lipinski definition) is 1. The molecule has 0 spiro atoms. The summed E-state index contributed by atoms with van der Waals surface area (Å²) in [5, 5.41) is 3.25. The molecule has 2 aliphatic rings. The molecule has 0 bridgehead atoms. The van der Waals surface area contributed by atoms with Gasteiger partial charge in [-0.1, -0.05) is 6.07 Å². The smallest absolute Gasteiger partial charge is 0.164 e. The Kier molecular flexibility index (Phi) is 4.84. The summed E-state index contributed by atoms with van der Waals surface area (Å²) in [6.45, 7) is 1.08. The number of anilines is 2. The van der Waals surface area contributed by atoms with Crippen molar-refractivity contribution in [1.82, 2.24) is 9.97 Å². The lowest BCUT2D eigenvalue weighted by Gasteiger charge is -2.20. The first-order valence-corrected chi connectivity index (χ1v) is 9.57. The van der Waals surface area contributed by atoms with Crippen molar-refractivity contribution >= 4 is 22.4 Å². The van der Waals surface area contributed by atoms with Crippen LogP contribution in [-0.2, 0) is 9.47 Å². The van der Waals surface area contributed by atoms with Gasteiger partial charge in [0, 0.05) is 18.1 Å². The molecule has 1 N–H and O–H groups in total. The van der Waals surface area contributed by atoms with E-state index in [1.54, 1.807) is 12.1 Å². The van der Waals surface area contributed by atoms with E-state index in [9.17, 15) is 8.78 Å². The predicted octanol–water partition coefficient (Wildman–Crippen LogP) is 3.60. The normalized spacial score (nSPS) is 22.8. The van der Waals surface area contributed by atoms with Crippen molar-refractivity contribution in [1.29, 1.82) is 0 Å². The Morgan fingerprint density at radius 2 is 1.93 bits per heavy atom. The first-order chi connectivity index (χ1) is 14.6. The molecule has 3 heterocycles. The van der Waals surface area contributed by atoms with E-state index >= 15 is 0 Å². The number of aromatic nitrogens is 2. The molecule has 0 saturated carbocycles. The minimum Gasteiger partial charge on any atom is -0.493 e. The summed E-state index contributed by atoms with van der Waals surface area (Å²) in [5.41, 5.74) is 0.243. The maximum absolute atomic E-state index is 14.1. The summed E-state index contributed by atoms with van der Waals surface area (Å²) in [6, 6.07) is 7.02. The lowest BCUT2D eigenvalue weighted by molar-refractivity contribution is 0.0298. The summed E-state index contributed by atoms with van der Waals surface area (Å²) >= 11 is 0. The summed E-state index contributed by atoms with van der Waals surface area (Å²) in [7, 11) is 1.52. The molecule has 2 saturated heterocycles. The molecule has 5 rings (SSSR count). The molecule has 0 amide bonds. The van der Waals surface area contributed by atoms with Crippen LogP contribution < -0.4 is 14.8 Å².